The summed E-state index contributed by atoms with van der Waals surface area (Å²) in [6, 6.07) is 1.75. The molecule has 0 aromatic carbocycles. The van der Waals surface area contributed by atoms with Crippen molar-refractivity contribution in [2.45, 2.75) is 32.6 Å². The number of aromatic nitrogens is 2. The molecular formula is C17H19N3O4. The van der Waals surface area contributed by atoms with Crippen LogP contribution in [0.4, 0.5) is 0 Å². The zero-order valence-electron chi connectivity index (χ0n) is 13.5. The van der Waals surface area contributed by atoms with E-state index in [1.54, 1.807) is 11.0 Å². The summed E-state index contributed by atoms with van der Waals surface area (Å²) in [6.45, 7) is 2.76. The van der Waals surface area contributed by atoms with Crippen molar-refractivity contribution in [2.75, 3.05) is 13.1 Å². The molecule has 0 radical (unpaired) electrons. The molecule has 1 saturated carbocycles. The number of pyridine rings is 1. The Morgan fingerprint density at radius 2 is 2.33 bits per heavy atom. The standard InChI is InChI=1S/C17H19N3O4/c1-2-13-12-6-10(7-18-14(12)24-19-13)15(21)20-8-11-4-3-5-17(11,9-20)16(22)23/h6-7,11H,2-5,8-9H2,1H3,(H,22,23)/t11-,17+/m0/s1. The fraction of sp³-hybridized carbons (Fsp3) is 0.529. The topological polar surface area (TPSA) is 96.5 Å². The summed E-state index contributed by atoms with van der Waals surface area (Å²) in [5, 5.41) is 14.4. The van der Waals surface area contributed by atoms with Crippen molar-refractivity contribution in [1.29, 1.82) is 0 Å². The highest BCUT2D eigenvalue weighted by Crippen LogP contribution is 2.49. The minimum absolute atomic E-state index is 0.0532. The lowest BCUT2D eigenvalue weighted by Crippen LogP contribution is -2.37. The van der Waals surface area contributed by atoms with E-state index in [0.717, 1.165) is 23.9 Å². The first-order chi connectivity index (χ1) is 11.5. The Bertz CT molecular complexity index is 830. The molecule has 0 unspecified atom stereocenters. The zero-order valence-corrected chi connectivity index (χ0v) is 13.5. The van der Waals surface area contributed by atoms with Crippen LogP contribution in [0, 0.1) is 11.3 Å². The van der Waals surface area contributed by atoms with Gasteiger partial charge in [-0.1, -0.05) is 18.5 Å². The van der Waals surface area contributed by atoms with E-state index in [4.69, 9.17) is 4.52 Å². The molecule has 1 saturated heterocycles. The molecule has 2 aliphatic rings. The molecule has 4 rings (SSSR count). The number of hydrogen-bond donors (Lipinski definition) is 1. The van der Waals surface area contributed by atoms with Crippen molar-refractivity contribution >= 4 is 23.0 Å². The van der Waals surface area contributed by atoms with Crippen LogP contribution in [-0.4, -0.2) is 45.1 Å². The third kappa shape index (κ3) is 2.03. The number of amides is 1. The second-order valence-electron chi connectivity index (χ2n) is 6.80. The number of hydrogen-bond acceptors (Lipinski definition) is 5. The van der Waals surface area contributed by atoms with Crippen molar-refractivity contribution < 1.29 is 19.2 Å². The maximum atomic E-state index is 12.9. The fourth-order valence-electron chi connectivity index (χ4n) is 4.23. The summed E-state index contributed by atoms with van der Waals surface area (Å²) in [4.78, 5) is 30.5. The molecule has 126 valence electrons. The molecule has 1 aliphatic heterocycles. The van der Waals surface area contributed by atoms with Gasteiger partial charge in [-0.3, -0.25) is 9.59 Å². The Kier molecular flexibility index (Phi) is 3.33. The molecule has 7 heteroatoms. The van der Waals surface area contributed by atoms with Crippen LogP contribution >= 0.6 is 0 Å². The number of carbonyl (C=O) groups is 2. The molecule has 2 aromatic rings. The Labute approximate surface area is 138 Å². The van der Waals surface area contributed by atoms with Crippen LogP contribution in [0.15, 0.2) is 16.8 Å². The monoisotopic (exact) mass is 329 g/mol. The molecule has 2 fully saturated rings. The molecule has 7 nitrogen and oxygen atoms in total. The minimum atomic E-state index is -0.777. The second-order valence-corrected chi connectivity index (χ2v) is 6.80. The van der Waals surface area contributed by atoms with Crippen LogP contribution in [0.3, 0.4) is 0 Å². The van der Waals surface area contributed by atoms with E-state index in [1.807, 2.05) is 6.92 Å². The maximum Gasteiger partial charge on any atom is 0.311 e. The van der Waals surface area contributed by atoms with Gasteiger partial charge in [0.25, 0.3) is 11.6 Å². The van der Waals surface area contributed by atoms with Gasteiger partial charge >= 0.3 is 5.97 Å². The Morgan fingerprint density at radius 3 is 3.04 bits per heavy atom. The van der Waals surface area contributed by atoms with Crippen LogP contribution in [0.5, 0.6) is 0 Å². The molecule has 0 bridgehead atoms. The van der Waals surface area contributed by atoms with E-state index in [-0.39, 0.29) is 18.4 Å². The molecule has 1 N–H and O–H groups in total. The van der Waals surface area contributed by atoms with Gasteiger partial charge in [0.2, 0.25) is 0 Å². The summed E-state index contributed by atoms with van der Waals surface area (Å²) in [5.74, 6) is -0.888. The fourth-order valence-corrected chi connectivity index (χ4v) is 4.23. The summed E-state index contributed by atoms with van der Waals surface area (Å²) >= 11 is 0. The van der Waals surface area contributed by atoms with Crippen LogP contribution in [0.1, 0.15) is 42.2 Å². The van der Waals surface area contributed by atoms with Crippen LogP contribution in [0.25, 0.3) is 11.1 Å². The van der Waals surface area contributed by atoms with E-state index < -0.39 is 11.4 Å². The number of likely N-dealkylation sites (tertiary alicyclic amines) is 1. The predicted octanol–water partition coefficient (Wildman–Crippen LogP) is 2.11. The van der Waals surface area contributed by atoms with Gasteiger partial charge in [-0.15, -0.1) is 0 Å². The number of fused-ring (bicyclic) bond motifs is 2. The highest BCUT2D eigenvalue weighted by atomic mass is 16.5. The van der Waals surface area contributed by atoms with Crippen molar-refractivity contribution in [3.63, 3.8) is 0 Å². The molecule has 1 aliphatic carbocycles. The number of rotatable bonds is 3. The predicted molar refractivity (Wildman–Crippen MR) is 84.5 cm³/mol. The van der Waals surface area contributed by atoms with Gasteiger partial charge in [-0.2, -0.15) is 0 Å². The number of carbonyl (C=O) groups excluding carboxylic acids is 1. The summed E-state index contributed by atoms with van der Waals surface area (Å²) in [7, 11) is 0. The van der Waals surface area contributed by atoms with Crippen molar-refractivity contribution in [1.82, 2.24) is 15.0 Å². The summed E-state index contributed by atoms with van der Waals surface area (Å²) in [6.07, 6.45) is 4.63. The second kappa shape index (κ2) is 5.29. The van der Waals surface area contributed by atoms with E-state index in [2.05, 4.69) is 10.1 Å². The SMILES string of the molecule is CCc1noc2ncc(C(=O)N3C[C@@H]4CCC[C@@]4(C(=O)O)C3)cc12. The number of aliphatic carboxylic acids is 1. The summed E-state index contributed by atoms with van der Waals surface area (Å²) in [5.41, 5.74) is 0.885. The Hall–Kier alpha value is -2.44. The zero-order chi connectivity index (χ0) is 16.9. The van der Waals surface area contributed by atoms with E-state index in [1.165, 1.54) is 6.20 Å². The third-order valence-corrected chi connectivity index (χ3v) is 5.57. The maximum absolute atomic E-state index is 12.9. The van der Waals surface area contributed by atoms with Crippen molar-refractivity contribution in [3.8, 4) is 0 Å². The first-order valence-corrected chi connectivity index (χ1v) is 8.32. The van der Waals surface area contributed by atoms with Gasteiger partial charge in [-0.05, 0) is 31.2 Å². The molecule has 2 aromatic heterocycles. The molecule has 3 heterocycles. The van der Waals surface area contributed by atoms with E-state index >= 15 is 0 Å². The quantitative estimate of drug-likeness (QED) is 0.926. The van der Waals surface area contributed by atoms with Gasteiger partial charge in [0, 0.05) is 19.3 Å². The summed E-state index contributed by atoms with van der Waals surface area (Å²) < 4.78 is 5.14. The van der Waals surface area contributed by atoms with E-state index in [9.17, 15) is 14.7 Å². The van der Waals surface area contributed by atoms with E-state index in [0.29, 0.717) is 30.7 Å². The lowest BCUT2D eigenvalue weighted by Gasteiger charge is -2.23. The van der Waals surface area contributed by atoms with Gasteiger partial charge in [0.05, 0.1) is 22.1 Å². The number of nitrogens with zero attached hydrogens (tertiary/aromatic N) is 3. The average molecular weight is 329 g/mol. The number of carboxylic acids is 1. The smallest absolute Gasteiger partial charge is 0.311 e. The Balaban J connectivity index is 1.64. The van der Waals surface area contributed by atoms with Crippen LogP contribution in [0.2, 0.25) is 0 Å². The van der Waals surface area contributed by atoms with Gasteiger partial charge in [-0.25, -0.2) is 4.98 Å². The highest BCUT2D eigenvalue weighted by Gasteiger charge is 2.55. The van der Waals surface area contributed by atoms with Gasteiger partial charge in [0.1, 0.15) is 0 Å². The highest BCUT2D eigenvalue weighted by molar-refractivity contribution is 5.97. The molecule has 2 atom stereocenters. The normalized spacial score (nSPS) is 26.0. The van der Waals surface area contributed by atoms with Crippen LogP contribution in [-0.2, 0) is 11.2 Å². The number of aryl methyl sites for hydroxylation is 1. The van der Waals surface area contributed by atoms with Crippen LogP contribution < -0.4 is 0 Å². The molecule has 24 heavy (non-hydrogen) atoms. The first kappa shape index (κ1) is 15.1. The van der Waals surface area contributed by atoms with Crippen molar-refractivity contribution in [3.05, 3.63) is 23.5 Å². The lowest BCUT2D eigenvalue weighted by molar-refractivity contribution is -0.149. The minimum Gasteiger partial charge on any atom is -0.481 e. The van der Waals surface area contributed by atoms with Gasteiger partial charge in [0.15, 0.2) is 0 Å². The lowest BCUT2D eigenvalue weighted by atomic mass is 9.81. The molecular weight excluding hydrogens is 310 g/mol. The van der Waals surface area contributed by atoms with Crippen molar-refractivity contribution in [2.24, 2.45) is 11.3 Å². The molecule has 0 spiro atoms. The average Bonchev–Trinajstić information content (AvgIpc) is 3.25. The first-order valence-electron chi connectivity index (χ1n) is 8.32. The Morgan fingerprint density at radius 1 is 1.50 bits per heavy atom. The van der Waals surface area contributed by atoms with Gasteiger partial charge < -0.3 is 14.5 Å². The third-order valence-electron chi connectivity index (χ3n) is 5.57. The number of carboxylic acid groups (broad SMARTS) is 1. The molecule has 1 amide bonds. The largest absolute Gasteiger partial charge is 0.481 e.